The maximum absolute atomic E-state index is 14.1. The van der Waals surface area contributed by atoms with E-state index in [4.69, 9.17) is 23.7 Å². The van der Waals surface area contributed by atoms with Gasteiger partial charge in [0.15, 0.2) is 0 Å². The number of carbonyl (C=O) groups excluding carboxylic acids is 6. The molecule has 0 N–H and O–H groups in total. The summed E-state index contributed by atoms with van der Waals surface area (Å²) < 4.78 is 29.0. The first-order chi connectivity index (χ1) is 37.4. The minimum absolute atomic E-state index is 0.0533. The molecule has 0 heterocycles. The van der Waals surface area contributed by atoms with E-state index in [-0.39, 0.29) is 74.7 Å². The van der Waals surface area contributed by atoms with Gasteiger partial charge in [0, 0.05) is 25.8 Å². The summed E-state index contributed by atoms with van der Waals surface area (Å²) in [5, 5.41) is 0. The lowest BCUT2D eigenvalue weighted by molar-refractivity contribution is -0.156. The van der Waals surface area contributed by atoms with Gasteiger partial charge in [-0.2, -0.15) is 0 Å². The van der Waals surface area contributed by atoms with E-state index in [0.29, 0.717) is 77.7 Å². The van der Waals surface area contributed by atoms with Crippen molar-refractivity contribution >= 4 is 35.8 Å². The Morgan fingerprint density at radius 2 is 0.740 bits per heavy atom. The van der Waals surface area contributed by atoms with Gasteiger partial charge in [0.05, 0.1) is 37.5 Å². The molecule has 452 valence electrons. The standard InChI is InChI=1S/C64H120N2O11/c1-9-15-20-24-26-33-42-55(40-31-22-17-11-3)63(71)73-51-37-28-35-45-60(68)75-53-57(66(50-39-49-65(7)8)59(67)47-48-62(70)77-58(14-6)44-30-19-13-5)54-76-61(69)46-36-29-38-52-74-64(72)56(41-32-23-18-12-4)43-34-27-25-21-16-10-2/h55-58H,9-54H2,1-8H3. The van der Waals surface area contributed by atoms with Gasteiger partial charge in [0.25, 0.3) is 0 Å². The average molecular weight is 1090 g/mol. The molecule has 1 amide bonds. The first kappa shape index (κ1) is 73.8. The van der Waals surface area contributed by atoms with Crippen LogP contribution in [-0.2, 0) is 52.5 Å². The Labute approximate surface area is 472 Å². The van der Waals surface area contributed by atoms with Gasteiger partial charge in [0.2, 0.25) is 5.91 Å². The molecule has 0 aliphatic heterocycles. The van der Waals surface area contributed by atoms with E-state index in [1.165, 1.54) is 64.2 Å². The normalized spacial score (nSPS) is 12.9. The van der Waals surface area contributed by atoms with Gasteiger partial charge >= 0.3 is 29.8 Å². The van der Waals surface area contributed by atoms with Crippen LogP contribution < -0.4 is 0 Å². The second-order valence-electron chi connectivity index (χ2n) is 22.4. The quantitative estimate of drug-likeness (QED) is 0.0323. The van der Waals surface area contributed by atoms with Crippen LogP contribution in [0, 0.1) is 11.8 Å². The Morgan fingerprint density at radius 1 is 0.364 bits per heavy atom. The molecule has 0 rings (SSSR count). The number of hydrogen-bond acceptors (Lipinski definition) is 12. The Bertz CT molecular complexity index is 1370. The number of amides is 1. The maximum Gasteiger partial charge on any atom is 0.308 e. The number of hydrogen-bond donors (Lipinski definition) is 0. The summed E-state index contributed by atoms with van der Waals surface area (Å²) in [4.78, 5) is 83.5. The Kier molecular flexibility index (Phi) is 51.2. The average Bonchev–Trinajstić information content (AvgIpc) is 3.41. The highest BCUT2D eigenvalue weighted by atomic mass is 16.6. The van der Waals surface area contributed by atoms with Crippen LogP contribution >= 0.6 is 0 Å². The fraction of sp³-hybridized carbons (Fsp3) is 0.906. The number of nitrogens with zero attached hydrogens (tertiary/aromatic N) is 2. The van der Waals surface area contributed by atoms with E-state index in [9.17, 15) is 28.8 Å². The van der Waals surface area contributed by atoms with Crippen LogP contribution in [0.2, 0.25) is 0 Å². The van der Waals surface area contributed by atoms with Crippen molar-refractivity contribution in [2.75, 3.05) is 53.6 Å². The van der Waals surface area contributed by atoms with E-state index < -0.39 is 23.9 Å². The first-order valence-corrected chi connectivity index (χ1v) is 32.1. The van der Waals surface area contributed by atoms with Gasteiger partial charge in [0.1, 0.15) is 19.3 Å². The van der Waals surface area contributed by atoms with Crippen molar-refractivity contribution in [2.45, 2.75) is 311 Å². The summed E-state index contributed by atoms with van der Waals surface area (Å²) in [6, 6.07) is -0.762. The molecule has 0 saturated carbocycles. The van der Waals surface area contributed by atoms with E-state index in [1.807, 2.05) is 25.9 Å². The van der Waals surface area contributed by atoms with Crippen LogP contribution in [0.5, 0.6) is 0 Å². The minimum atomic E-state index is -0.762. The number of unbranched alkanes of at least 4 members (excludes halogenated alkanes) is 22. The third-order valence-corrected chi connectivity index (χ3v) is 14.9. The van der Waals surface area contributed by atoms with Crippen LogP contribution in [0.15, 0.2) is 0 Å². The zero-order valence-corrected chi connectivity index (χ0v) is 51.2. The summed E-state index contributed by atoms with van der Waals surface area (Å²) in [5.74, 6) is -1.86. The van der Waals surface area contributed by atoms with Crippen LogP contribution in [0.3, 0.4) is 0 Å². The molecule has 0 aromatic heterocycles. The van der Waals surface area contributed by atoms with Crippen molar-refractivity contribution in [3.05, 3.63) is 0 Å². The van der Waals surface area contributed by atoms with Gasteiger partial charge in [-0.05, 0) is 111 Å². The van der Waals surface area contributed by atoms with Crippen molar-refractivity contribution in [2.24, 2.45) is 11.8 Å². The maximum atomic E-state index is 14.1. The summed E-state index contributed by atoms with van der Waals surface area (Å²) in [5.41, 5.74) is 0. The monoisotopic (exact) mass is 1090 g/mol. The highest BCUT2D eigenvalue weighted by Gasteiger charge is 2.28. The lowest BCUT2D eigenvalue weighted by Crippen LogP contribution is -2.47. The third-order valence-electron chi connectivity index (χ3n) is 14.9. The summed E-state index contributed by atoms with van der Waals surface area (Å²) in [6.45, 7) is 14.3. The van der Waals surface area contributed by atoms with Crippen molar-refractivity contribution in [3.63, 3.8) is 0 Å². The second kappa shape index (κ2) is 53.4. The second-order valence-corrected chi connectivity index (χ2v) is 22.4. The molecule has 77 heavy (non-hydrogen) atoms. The summed E-state index contributed by atoms with van der Waals surface area (Å²) in [7, 11) is 3.91. The Morgan fingerprint density at radius 3 is 1.16 bits per heavy atom. The van der Waals surface area contributed by atoms with Crippen LogP contribution in [-0.4, -0.2) is 111 Å². The van der Waals surface area contributed by atoms with Gasteiger partial charge < -0.3 is 33.5 Å². The predicted molar refractivity (Wildman–Crippen MR) is 313 cm³/mol. The van der Waals surface area contributed by atoms with Gasteiger partial charge in [-0.3, -0.25) is 28.8 Å². The topological polar surface area (TPSA) is 155 Å². The molecule has 0 aromatic carbocycles. The molecular weight excluding hydrogens is 973 g/mol. The number of rotatable bonds is 56. The highest BCUT2D eigenvalue weighted by molar-refractivity contribution is 5.82. The van der Waals surface area contributed by atoms with Crippen LogP contribution in [0.4, 0.5) is 0 Å². The molecule has 0 spiro atoms. The zero-order valence-electron chi connectivity index (χ0n) is 51.2. The first-order valence-electron chi connectivity index (χ1n) is 32.1. The van der Waals surface area contributed by atoms with Crippen LogP contribution in [0.25, 0.3) is 0 Å². The number of carbonyl (C=O) groups is 6. The van der Waals surface area contributed by atoms with Gasteiger partial charge in [-0.15, -0.1) is 0 Å². The molecular formula is C64H120N2O11. The lowest BCUT2D eigenvalue weighted by atomic mass is 9.94. The summed E-state index contributed by atoms with van der Waals surface area (Å²) in [6.07, 6.45) is 35.8. The lowest BCUT2D eigenvalue weighted by Gasteiger charge is -2.32. The molecule has 0 aliphatic rings. The molecule has 3 unspecified atom stereocenters. The van der Waals surface area contributed by atoms with Gasteiger partial charge in [-0.25, -0.2) is 0 Å². The third kappa shape index (κ3) is 44.2. The number of esters is 5. The zero-order chi connectivity index (χ0) is 57.0. The van der Waals surface area contributed by atoms with Crippen molar-refractivity contribution in [1.82, 2.24) is 9.80 Å². The molecule has 0 saturated heterocycles. The number of ether oxygens (including phenoxy) is 5. The smallest absolute Gasteiger partial charge is 0.308 e. The molecule has 3 atom stereocenters. The Balaban J connectivity index is 5.61. The SMILES string of the molecule is CCCCCCCCC(CCCCCC)C(=O)OCCCCCC(=O)OCC(COC(=O)CCCCCOC(=O)C(CCCCCC)CCCCCCCC)N(CCCN(C)C)C(=O)CCC(=O)OC(CC)CCCCC. The molecule has 0 aliphatic carbocycles. The minimum Gasteiger partial charge on any atom is -0.465 e. The van der Waals surface area contributed by atoms with E-state index in [1.54, 1.807) is 4.90 Å². The molecule has 0 bridgehead atoms. The molecule has 0 radical (unpaired) electrons. The van der Waals surface area contributed by atoms with Crippen LogP contribution in [0.1, 0.15) is 298 Å². The predicted octanol–water partition coefficient (Wildman–Crippen LogP) is 15.8. The largest absolute Gasteiger partial charge is 0.465 e. The molecule has 13 nitrogen and oxygen atoms in total. The fourth-order valence-corrected chi connectivity index (χ4v) is 9.80. The molecule has 13 heteroatoms. The van der Waals surface area contributed by atoms with E-state index in [2.05, 4.69) is 34.6 Å². The van der Waals surface area contributed by atoms with Crippen molar-refractivity contribution < 1.29 is 52.5 Å². The van der Waals surface area contributed by atoms with E-state index in [0.717, 1.165) is 116 Å². The Hall–Kier alpha value is -3.22. The van der Waals surface area contributed by atoms with E-state index >= 15 is 0 Å². The van der Waals surface area contributed by atoms with Gasteiger partial charge in [-0.1, -0.05) is 183 Å². The fourth-order valence-electron chi connectivity index (χ4n) is 9.80. The molecule has 0 aromatic rings. The van der Waals surface area contributed by atoms with Crippen molar-refractivity contribution in [1.29, 1.82) is 0 Å². The summed E-state index contributed by atoms with van der Waals surface area (Å²) >= 11 is 0. The molecule has 0 fully saturated rings. The highest BCUT2D eigenvalue weighted by Crippen LogP contribution is 2.23. The van der Waals surface area contributed by atoms with Crippen molar-refractivity contribution in [3.8, 4) is 0 Å².